The topological polar surface area (TPSA) is 47.6 Å². The second-order valence-electron chi connectivity index (χ2n) is 5.83. The molecule has 0 saturated carbocycles. The van der Waals surface area contributed by atoms with Crippen molar-refractivity contribution >= 4 is 17.7 Å². The van der Waals surface area contributed by atoms with Crippen LogP contribution in [0.25, 0.3) is 6.08 Å². The highest BCUT2D eigenvalue weighted by Crippen LogP contribution is 2.28. The maximum atomic E-state index is 12.2. The summed E-state index contributed by atoms with van der Waals surface area (Å²) in [6.45, 7) is 6.71. The molecule has 0 aliphatic carbocycles. The first kappa shape index (κ1) is 18.6. The lowest BCUT2D eigenvalue weighted by Gasteiger charge is -2.10. The zero-order valence-corrected chi connectivity index (χ0v) is 15.3. The van der Waals surface area contributed by atoms with Crippen LogP contribution in [0.2, 0.25) is 0 Å². The summed E-state index contributed by atoms with van der Waals surface area (Å²) in [5.74, 6) is 1.20. The third-order valence-corrected chi connectivity index (χ3v) is 3.94. The molecule has 0 heterocycles. The van der Waals surface area contributed by atoms with Gasteiger partial charge in [-0.3, -0.25) is 4.79 Å². The van der Waals surface area contributed by atoms with E-state index in [1.807, 2.05) is 50.2 Å². The van der Waals surface area contributed by atoms with Crippen LogP contribution < -0.4 is 14.8 Å². The maximum absolute atomic E-state index is 12.2. The largest absolute Gasteiger partial charge is 0.493 e. The Morgan fingerprint density at radius 2 is 1.96 bits per heavy atom. The van der Waals surface area contributed by atoms with Gasteiger partial charge in [0.2, 0.25) is 5.91 Å². The second kappa shape index (κ2) is 8.92. The number of aryl methyl sites for hydroxylation is 1. The average Bonchev–Trinajstić information content (AvgIpc) is 2.62. The Kier molecular flexibility index (Phi) is 6.63. The first-order chi connectivity index (χ1) is 12.0. The van der Waals surface area contributed by atoms with Crippen LogP contribution in [0, 0.1) is 13.8 Å². The number of amides is 1. The van der Waals surface area contributed by atoms with Gasteiger partial charge in [0.25, 0.3) is 0 Å². The normalized spacial score (nSPS) is 10.7. The van der Waals surface area contributed by atoms with Crippen LogP contribution in [0.5, 0.6) is 11.5 Å². The van der Waals surface area contributed by atoms with E-state index in [1.165, 1.54) is 6.08 Å². The Morgan fingerprint density at radius 1 is 1.16 bits per heavy atom. The van der Waals surface area contributed by atoms with Gasteiger partial charge in [-0.05, 0) is 61.2 Å². The van der Waals surface area contributed by atoms with Crippen molar-refractivity contribution in [3.63, 3.8) is 0 Å². The molecule has 2 aromatic carbocycles. The number of carbonyl (C=O) groups excluding carboxylic acids is 1. The van der Waals surface area contributed by atoms with Gasteiger partial charge >= 0.3 is 0 Å². The SMILES string of the molecule is CCCOc1ccc(C=CC(=O)Nc2cccc(C)c2C)cc1OC. The summed E-state index contributed by atoms with van der Waals surface area (Å²) in [6.07, 6.45) is 4.21. The first-order valence-electron chi connectivity index (χ1n) is 8.41. The van der Waals surface area contributed by atoms with Gasteiger partial charge in [-0.25, -0.2) is 0 Å². The molecule has 0 aliphatic heterocycles. The number of carbonyl (C=O) groups is 1. The predicted octanol–water partition coefficient (Wildman–Crippen LogP) is 4.75. The molecule has 25 heavy (non-hydrogen) atoms. The molecule has 4 heteroatoms. The summed E-state index contributed by atoms with van der Waals surface area (Å²) in [4.78, 5) is 12.2. The summed E-state index contributed by atoms with van der Waals surface area (Å²) in [7, 11) is 1.61. The van der Waals surface area contributed by atoms with Gasteiger partial charge in [-0.1, -0.05) is 25.1 Å². The van der Waals surface area contributed by atoms with E-state index in [2.05, 4.69) is 12.2 Å². The van der Waals surface area contributed by atoms with Crippen LogP contribution in [0.15, 0.2) is 42.5 Å². The van der Waals surface area contributed by atoms with Gasteiger partial charge in [0.1, 0.15) is 0 Å². The number of rotatable bonds is 7. The number of benzene rings is 2. The molecule has 0 aliphatic rings. The maximum Gasteiger partial charge on any atom is 0.248 e. The molecular weight excluding hydrogens is 314 g/mol. The molecule has 0 spiro atoms. The van der Waals surface area contributed by atoms with Crippen LogP contribution in [0.3, 0.4) is 0 Å². The molecule has 0 unspecified atom stereocenters. The molecule has 0 aromatic heterocycles. The van der Waals surface area contributed by atoms with Crippen molar-refractivity contribution in [3.05, 3.63) is 59.2 Å². The highest BCUT2D eigenvalue weighted by Gasteiger charge is 2.06. The predicted molar refractivity (Wildman–Crippen MR) is 102 cm³/mol. The van der Waals surface area contributed by atoms with E-state index in [4.69, 9.17) is 9.47 Å². The Balaban J connectivity index is 2.07. The van der Waals surface area contributed by atoms with Gasteiger partial charge in [0.15, 0.2) is 11.5 Å². The molecule has 1 N–H and O–H groups in total. The van der Waals surface area contributed by atoms with E-state index in [0.717, 1.165) is 28.8 Å². The number of hydrogen-bond acceptors (Lipinski definition) is 3. The molecule has 2 aromatic rings. The average molecular weight is 339 g/mol. The lowest BCUT2D eigenvalue weighted by molar-refractivity contribution is -0.111. The van der Waals surface area contributed by atoms with Crippen LogP contribution in [0.1, 0.15) is 30.0 Å². The Bertz CT molecular complexity index is 766. The van der Waals surface area contributed by atoms with E-state index >= 15 is 0 Å². The molecule has 2 rings (SSSR count). The Labute approximate surface area is 149 Å². The Morgan fingerprint density at radius 3 is 2.68 bits per heavy atom. The number of methoxy groups -OCH3 is 1. The molecule has 4 nitrogen and oxygen atoms in total. The van der Waals surface area contributed by atoms with Crippen LogP contribution in [-0.4, -0.2) is 19.6 Å². The third-order valence-electron chi connectivity index (χ3n) is 3.94. The van der Waals surface area contributed by atoms with Crippen molar-refractivity contribution < 1.29 is 14.3 Å². The minimum atomic E-state index is -0.168. The van der Waals surface area contributed by atoms with Gasteiger partial charge in [-0.15, -0.1) is 0 Å². The van der Waals surface area contributed by atoms with Crippen molar-refractivity contribution in [3.8, 4) is 11.5 Å². The van der Waals surface area contributed by atoms with Crippen LogP contribution in [-0.2, 0) is 4.79 Å². The fourth-order valence-corrected chi connectivity index (χ4v) is 2.35. The van der Waals surface area contributed by atoms with Crippen LogP contribution in [0.4, 0.5) is 5.69 Å². The van der Waals surface area contributed by atoms with Crippen molar-refractivity contribution in [1.29, 1.82) is 0 Å². The fraction of sp³-hybridized carbons (Fsp3) is 0.286. The highest BCUT2D eigenvalue weighted by molar-refractivity contribution is 6.02. The minimum absolute atomic E-state index is 0.168. The van der Waals surface area contributed by atoms with Gasteiger partial charge < -0.3 is 14.8 Å². The van der Waals surface area contributed by atoms with Crippen LogP contribution >= 0.6 is 0 Å². The number of hydrogen-bond donors (Lipinski definition) is 1. The Hall–Kier alpha value is -2.75. The number of anilines is 1. The first-order valence-corrected chi connectivity index (χ1v) is 8.41. The van der Waals surface area contributed by atoms with Gasteiger partial charge in [0.05, 0.1) is 13.7 Å². The van der Waals surface area contributed by atoms with E-state index < -0.39 is 0 Å². The van der Waals surface area contributed by atoms with Crippen molar-refractivity contribution in [2.45, 2.75) is 27.2 Å². The summed E-state index contributed by atoms with van der Waals surface area (Å²) >= 11 is 0. The lowest BCUT2D eigenvalue weighted by atomic mass is 10.1. The van der Waals surface area contributed by atoms with Gasteiger partial charge in [0, 0.05) is 11.8 Å². The second-order valence-corrected chi connectivity index (χ2v) is 5.83. The molecule has 0 fully saturated rings. The summed E-state index contributed by atoms with van der Waals surface area (Å²) < 4.78 is 11.0. The molecule has 1 amide bonds. The minimum Gasteiger partial charge on any atom is -0.493 e. The lowest BCUT2D eigenvalue weighted by Crippen LogP contribution is -2.09. The third kappa shape index (κ3) is 5.11. The number of nitrogens with one attached hydrogen (secondary N) is 1. The molecule has 0 atom stereocenters. The molecule has 0 bridgehead atoms. The molecule has 132 valence electrons. The van der Waals surface area contributed by atoms with E-state index in [9.17, 15) is 4.79 Å². The summed E-state index contributed by atoms with van der Waals surface area (Å²) in [5.41, 5.74) is 3.92. The van der Waals surface area contributed by atoms with E-state index in [0.29, 0.717) is 18.1 Å². The zero-order valence-electron chi connectivity index (χ0n) is 15.3. The summed E-state index contributed by atoms with van der Waals surface area (Å²) in [6, 6.07) is 11.5. The smallest absolute Gasteiger partial charge is 0.248 e. The van der Waals surface area contributed by atoms with Crippen molar-refractivity contribution in [1.82, 2.24) is 0 Å². The number of ether oxygens (including phenoxy) is 2. The molecular formula is C21H25NO3. The highest BCUT2D eigenvalue weighted by atomic mass is 16.5. The standard InChI is InChI=1S/C21H25NO3/c1-5-13-25-19-11-9-17(14-20(19)24-4)10-12-21(23)22-18-8-6-7-15(2)16(18)3/h6-12,14H,5,13H2,1-4H3,(H,22,23). The van der Waals surface area contributed by atoms with Crippen molar-refractivity contribution in [2.75, 3.05) is 19.0 Å². The van der Waals surface area contributed by atoms with Gasteiger partial charge in [-0.2, -0.15) is 0 Å². The zero-order chi connectivity index (χ0) is 18.2. The monoisotopic (exact) mass is 339 g/mol. The fourth-order valence-electron chi connectivity index (χ4n) is 2.35. The summed E-state index contributed by atoms with van der Waals surface area (Å²) in [5, 5.41) is 2.91. The van der Waals surface area contributed by atoms with E-state index in [-0.39, 0.29) is 5.91 Å². The molecule has 0 saturated heterocycles. The van der Waals surface area contributed by atoms with Crippen molar-refractivity contribution in [2.24, 2.45) is 0 Å². The molecule has 0 radical (unpaired) electrons. The van der Waals surface area contributed by atoms with E-state index in [1.54, 1.807) is 13.2 Å². The quantitative estimate of drug-likeness (QED) is 0.740.